The van der Waals surface area contributed by atoms with Crippen LogP contribution in [0.15, 0.2) is 108 Å². The second-order valence-electron chi connectivity index (χ2n) is 7.76. The zero-order chi connectivity index (χ0) is 22.2. The van der Waals surface area contributed by atoms with Crippen molar-refractivity contribution in [3.8, 4) is 39.3 Å². The van der Waals surface area contributed by atoms with Gasteiger partial charge in [0.05, 0.1) is 16.8 Å². The fraction of sp³-hybridized carbons (Fsp3) is 0. The summed E-state index contributed by atoms with van der Waals surface area (Å²) in [5.74, 6) is 0. The minimum absolute atomic E-state index is 0.316. The molecule has 3 aromatic heterocycles. The normalized spacial score (nSPS) is 11.2. The molecule has 0 aliphatic heterocycles. The van der Waals surface area contributed by atoms with Crippen LogP contribution in [-0.4, -0.2) is 25.0 Å². The third-order valence-corrected chi connectivity index (χ3v) is 5.73. The molecule has 6 aromatic rings. The van der Waals surface area contributed by atoms with E-state index >= 15 is 0 Å². The first-order valence-corrected chi connectivity index (χ1v) is 10.7. The van der Waals surface area contributed by atoms with Crippen molar-refractivity contribution in [2.45, 2.75) is 0 Å². The lowest BCUT2D eigenvalue weighted by Crippen LogP contribution is -2.09. The molecule has 0 atom stereocenters. The van der Waals surface area contributed by atoms with Gasteiger partial charge in [-0.2, -0.15) is 10.2 Å². The highest BCUT2D eigenvalue weighted by molar-refractivity contribution is 6.00. The predicted molar refractivity (Wildman–Crippen MR) is 130 cm³/mol. The third-order valence-electron chi connectivity index (χ3n) is 5.73. The van der Waals surface area contributed by atoms with E-state index in [-0.39, 0.29) is 5.56 Å². The van der Waals surface area contributed by atoms with Gasteiger partial charge in [-0.05, 0) is 23.3 Å². The summed E-state index contributed by atoms with van der Waals surface area (Å²) >= 11 is 0. The molecule has 0 unspecified atom stereocenters. The van der Waals surface area contributed by atoms with Crippen molar-refractivity contribution in [2.75, 3.05) is 0 Å². The average molecular weight is 429 g/mol. The minimum atomic E-state index is -0.316. The van der Waals surface area contributed by atoms with Crippen molar-refractivity contribution in [3.05, 3.63) is 114 Å². The molecule has 33 heavy (non-hydrogen) atoms. The topological polar surface area (TPSA) is 79.4 Å². The van der Waals surface area contributed by atoms with Gasteiger partial charge in [0, 0.05) is 23.5 Å². The molecular formula is C27H19N5O. The Bertz CT molecular complexity index is 1610. The number of hydrogen-bond acceptors (Lipinski definition) is 3. The first-order chi connectivity index (χ1) is 16.3. The van der Waals surface area contributed by atoms with Gasteiger partial charge in [0.15, 0.2) is 5.52 Å². The number of aromatic nitrogens is 5. The largest absolute Gasteiger partial charge is 0.360 e. The molecule has 0 radical (unpaired) electrons. The Morgan fingerprint density at radius 1 is 0.758 bits per heavy atom. The summed E-state index contributed by atoms with van der Waals surface area (Å²) in [5.41, 5.74) is 6.63. The van der Waals surface area contributed by atoms with Crippen LogP contribution in [0, 0.1) is 0 Å². The molecule has 0 aliphatic carbocycles. The van der Waals surface area contributed by atoms with Gasteiger partial charge in [-0.1, -0.05) is 78.9 Å². The van der Waals surface area contributed by atoms with Crippen LogP contribution in [-0.2, 0) is 0 Å². The van der Waals surface area contributed by atoms with Crippen LogP contribution in [0.25, 0.3) is 50.2 Å². The van der Waals surface area contributed by atoms with Crippen LogP contribution in [0.5, 0.6) is 0 Å². The van der Waals surface area contributed by atoms with Crippen molar-refractivity contribution in [2.24, 2.45) is 0 Å². The molecule has 158 valence electrons. The number of nitrogens with one attached hydrogen (secondary N) is 2. The van der Waals surface area contributed by atoms with E-state index in [0.29, 0.717) is 16.6 Å². The number of aromatic amines is 2. The zero-order valence-electron chi connectivity index (χ0n) is 17.6. The summed E-state index contributed by atoms with van der Waals surface area (Å²) in [5, 5.41) is 12.4. The Morgan fingerprint density at radius 3 is 2.09 bits per heavy atom. The molecule has 0 fully saturated rings. The van der Waals surface area contributed by atoms with E-state index in [0.717, 1.165) is 33.6 Å². The molecule has 0 saturated heterocycles. The van der Waals surface area contributed by atoms with Gasteiger partial charge in [-0.3, -0.25) is 4.79 Å². The lowest BCUT2D eigenvalue weighted by molar-refractivity contribution is 0.891. The van der Waals surface area contributed by atoms with E-state index in [4.69, 9.17) is 0 Å². The number of nitrogens with zero attached hydrogens (tertiary/aromatic N) is 3. The van der Waals surface area contributed by atoms with E-state index in [2.05, 4.69) is 44.5 Å². The van der Waals surface area contributed by atoms with Crippen LogP contribution in [0.4, 0.5) is 0 Å². The van der Waals surface area contributed by atoms with Crippen LogP contribution in [0.1, 0.15) is 0 Å². The van der Waals surface area contributed by atoms with Crippen molar-refractivity contribution in [1.29, 1.82) is 0 Å². The van der Waals surface area contributed by atoms with Gasteiger partial charge >= 0.3 is 0 Å². The van der Waals surface area contributed by atoms with Crippen molar-refractivity contribution >= 4 is 10.9 Å². The number of rotatable bonds is 4. The summed E-state index contributed by atoms with van der Waals surface area (Å²) in [4.78, 5) is 16.0. The Hall–Kier alpha value is -4.71. The number of hydrogen-bond donors (Lipinski definition) is 2. The molecule has 6 heteroatoms. The molecule has 2 N–H and O–H groups in total. The van der Waals surface area contributed by atoms with Gasteiger partial charge < -0.3 is 4.98 Å². The third kappa shape index (κ3) is 3.25. The van der Waals surface area contributed by atoms with E-state index in [1.54, 1.807) is 4.68 Å². The predicted octanol–water partition coefficient (Wildman–Crippen LogP) is 5.44. The van der Waals surface area contributed by atoms with E-state index in [1.807, 2.05) is 79.1 Å². The van der Waals surface area contributed by atoms with Crippen LogP contribution in [0.2, 0.25) is 0 Å². The first-order valence-electron chi connectivity index (χ1n) is 10.7. The van der Waals surface area contributed by atoms with Gasteiger partial charge in [-0.25, -0.2) is 9.78 Å². The fourth-order valence-corrected chi connectivity index (χ4v) is 4.20. The molecule has 0 bridgehead atoms. The molecule has 3 heterocycles. The van der Waals surface area contributed by atoms with Crippen molar-refractivity contribution in [3.63, 3.8) is 0 Å². The average Bonchev–Trinajstić information content (AvgIpc) is 3.52. The SMILES string of the molecule is O=c1[nH]nc(-c2c[nH]c(-c3ccccc3)c2-c2ccccc2)c2cn(-c3ccccc3)nc12. The Labute approximate surface area is 189 Å². The molecule has 0 spiro atoms. The van der Waals surface area contributed by atoms with E-state index in [9.17, 15) is 4.79 Å². The summed E-state index contributed by atoms with van der Waals surface area (Å²) in [6.07, 6.45) is 3.82. The van der Waals surface area contributed by atoms with Gasteiger partial charge in [0.1, 0.15) is 5.69 Å². The van der Waals surface area contributed by atoms with E-state index < -0.39 is 0 Å². The maximum absolute atomic E-state index is 12.6. The summed E-state index contributed by atoms with van der Waals surface area (Å²) < 4.78 is 1.72. The number of H-pyrrole nitrogens is 2. The highest BCUT2D eigenvalue weighted by Crippen LogP contribution is 2.40. The lowest BCUT2D eigenvalue weighted by Gasteiger charge is -2.08. The monoisotopic (exact) mass is 429 g/mol. The lowest BCUT2D eigenvalue weighted by atomic mass is 9.95. The molecule has 0 aliphatic rings. The second kappa shape index (κ2) is 7.76. The summed E-state index contributed by atoms with van der Waals surface area (Å²) in [7, 11) is 0. The molecular weight excluding hydrogens is 410 g/mol. The van der Waals surface area contributed by atoms with Crippen LogP contribution in [0.3, 0.4) is 0 Å². The van der Waals surface area contributed by atoms with Crippen molar-refractivity contribution < 1.29 is 0 Å². The second-order valence-corrected chi connectivity index (χ2v) is 7.76. The first kappa shape index (κ1) is 19.0. The van der Waals surface area contributed by atoms with Crippen LogP contribution < -0.4 is 5.56 Å². The Balaban J connectivity index is 1.62. The number of benzene rings is 3. The Morgan fingerprint density at radius 2 is 1.39 bits per heavy atom. The molecule has 0 saturated carbocycles. The maximum Gasteiger partial charge on any atom is 0.292 e. The summed E-state index contributed by atoms with van der Waals surface area (Å²) in [6, 6.07) is 30.1. The van der Waals surface area contributed by atoms with E-state index in [1.165, 1.54) is 0 Å². The minimum Gasteiger partial charge on any atom is -0.360 e. The summed E-state index contributed by atoms with van der Waals surface area (Å²) in [6.45, 7) is 0. The maximum atomic E-state index is 12.6. The highest BCUT2D eigenvalue weighted by Gasteiger charge is 2.21. The standard InChI is InChI=1S/C27H19N5O/c33-27-26-22(17-32(31-26)20-14-8-3-9-15-20)25(29-30-27)21-16-28-24(19-12-6-2-7-13-19)23(21)18-10-4-1-5-11-18/h1-17,28H,(H,30,33). The smallest absolute Gasteiger partial charge is 0.292 e. The van der Waals surface area contributed by atoms with Crippen molar-refractivity contribution in [1.82, 2.24) is 25.0 Å². The zero-order valence-corrected chi connectivity index (χ0v) is 17.6. The Kier molecular flexibility index (Phi) is 4.47. The van der Waals surface area contributed by atoms with Gasteiger partial charge in [0.2, 0.25) is 0 Å². The van der Waals surface area contributed by atoms with Gasteiger partial charge in [-0.15, -0.1) is 0 Å². The number of fused-ring (bicyclic) bond motifs is 1. The highest BCUT2D eigenvalue weighted by atomic mass is 16.1. The fourth-order valence-electron chi connectivity index (χ4n) is 4.20. The number of para-hydroxylation sites is 1. The molecule has 6 rings (SSSR count). The van der Waals surface area contributed by atoms with Crippen LogP contribution >= 0.6 is 0 Å². The molecule has 6 nitrogen and oxygen atoms in total. The van der Waals surface area contributed by atoms with Gasteiger partial charge in [0.25, 0.3) is 5.56 Å². The molecule has 0 amide bonds. The quantitative estimate of drug-likeness (QED) is 0.392. The molecule has 3 aromatic carbocycles.